The average Bonchev–Trinajstić information content (AvgIpc) is 3.20. The van der Waals surface area contributed by atoms with Gasteiger partial charge in [-0.25, -0.2) is 23.7 Å². The van der Waals surface area contributed by atoms with Gasteiger partial charge in [-0.3, -0.25) is 9.20 Å². The molecule has 1 saturated heterocycles. The SMILES string of the molecule is CC1(C)CCC(c2cn3cc(C(=O)Nc4cccc(C(F)F)n4)nc(OC4CCC4)c3n2)CO1. The Bertz CT molecular complexity index is 1200. The molecular weight excluding hydrogens is 444 g/mol. The lowest BCUT2D eigenvalue weighted by atomic mass is 9.90. The molecule has 0 radical (unpaired) electrons. The first kappa shape index (κ1) is 22.6. The first-order chi connectivity index (χ1) is 16.3. The van der Waals surface area contributed by atoms with E-state index in [4.69, 9.17) is 14.5 Å². The van der Waals surface area contributed by atoms with Crippen LogP contribution >= 0.6 is 0 Å². The smallest absolute Gasteiger partial charge is 0.280 e. The molecule has 2 fully saturated rings. The molecule has 1 unspecified atom stereocenters. The molecule has 8 nitrogen and oxygen atoms in total. The molecule has 5 rings (SSSR count). The largest absolute Gasteiger partial charge is 0.472 e. The van der Waals surface area contributed by atoms with Crippen molar-refractivity contribution in [2.75, 3.05) is 11.9 Å². The number of ether oxygens (including phenoxy) is 2. The fraction of sp³-hybridized carbons (Fsp3) is 0.500. The van der Waals surface area contributed by atoms with Gasteiger partial charge in [0.2, 0.25) is 5.65 Å². The summed E-state index contributed by atoms with van der Waals surface area (Å²) in [4.78, 5) is 25.9. The lowest BCUT2D eigenvalue weighted by Gasteiger charge is -2.34. The summed E-state index contributed by atoms with van der Waals surface area (Å²) in [5, 5.41) is 2.55. The normalized spacial score (nSPS) is 20.3. The quantitative estimate of drug-likeness (QED) is 0.549. The molecule has 3 aromatic rings. The monoisotopic (exact) mass is 471 g/mol. The highest BCUT2D eigenvalue weighted by Gasteiger charge is 2.31. The van der Waals surface area contributed by atoms with Gasteiger partial charge in [0, 0.05) is 18.3 Å². The van der Waals surface area contributed by atoms with Crippen LogP contribution in [-0.4, -0.2) is 43.6 Å². The maximum atomic E-state index is 13.0. The van der Waals surface area contributed by atoms with Gasteiger partial charge in [-0.05, 0) is 58.1 Å². The van der Waals surface area contributed by atoms with E-state index in [9.17, 15) is 13.6 Å². The summed E-state index contributed by atoms with van der Waals surface area (Å²) in [6.45, 7) is 4.73. The Labute approximate surface area is 195 Å². The van der Waals surface area contributed by atoms with E-state index in [2.05, 4.69) is 29.1 Å². The molecule has 180 valence electrons. The molecule has 0 bridgehead atoms. The maximum Gasteiger partial charge on any atom is 0.280 e. The molecule has 34 heavy (non-hydrogen) atoms. The number of hydrogen-bond acceptors (Lipinski definition) is 6. The molecular formula is C24H27F2N5O3. The van der Waals surface area contributed by atoms with E-state index >= 15 is 0 Å². The Hall–Kier alpha value is -3.14. The number of nitrogens with one attached hydrogen (secondary N) is 1. The van der Waals surface area contributed by atoms with Crippen LogP contribution in [0.5, 0.6) is 5.88 Å². The second kappa shape index (κ2) is 8.90. The van der Waals surface area contributed by atoms with Gasteiger partial charge in [0.05, 0.1) is 17.9 Å². The van der Waals surface area contributed by atoms with E-state index < -0.39 is 18.0 Å². The molecule has 10 heteroatoms. The van der Waals surface area contributed by atoms with Gasteiger partial charge in [-0.1, -0.05) is 6.07 Å². The van der Waals surface area contributed by atoms with Gasteiger partial charge in [0.25, 0.3) is 18.2 Å². The fourth-order valence-corrected chi connectivity index (χ4v) is 4.08. The molecule has 1 saturated carbocycles. The second-order valence-corrected chi connectivity index (χ2v) is 9.51. The molecule has 1 aliphatic heterocycles. The zero-order valence-electron chi connectivity index (χ0n) is 19.1. The van der Waals surface area contributed by atoms with Crippen LogP contribution < -0.4 is 10.1 Å². The van der Waals surface area contributed by atoms with Crippen LogP contribution in [0.3, 0.4) is 0 Å². The standard InChI is InChI=1S/C24H27F2N5O3/c1-24(2)10-9-14(13-33-24)17-11-31-12-18(29-23(21(31)28-17)34-15-5-3-6-15)22(32)30-19-8-4-7-16(27-19)20(25)26/h4,7-8,11-12,14-15,20H,3,5-6,9-10,13H2,1-2H3,(H,27,30,32). The number of alkyl halides is 2. The highest BCUT2D eigenvalue weighted by atomic mass is 19.3. The molecule has 0 aromatic carbocycles. The Morgan fingerprint density at radius 1 is 1.21 bits per heavy atom. The van der Waals surface area contributed by atoms with Gasteiger partial charge in [0.1, 0.15) is 23.3 Å². The predicted octanol–water partition coefficient (Wildman–Crippen LogP) is 4.92. The second-order valence-electron chi connectivity index (χ2n) is 9.51. The fourth-order valence-electron chi connectivity index (χ4n) is 4.08. The summed E-state index contributed by atoms with van der Waals surface area (Å²) in [5.41, 5.74) is 0.931. The number of anilines is 1. The Morgan fingerprint density at radius 3 is 2.71 bits per heavy atom. The summed E-state index contributed by atoms with van der Waals surface area (Å²) in [7, 11) is 0. The maximum absolute atomic E-state index is 13.0. The molecule has 2 aliphatic rings. The molecule has 1 atom stereocenters. The van der Waals surface area contributed by atoms with E-state index in [-0.39, 0.29) is 35.0 Å². The first-order valence-electron chi connectivity index (χ1n) is 11.5. The van der Waals surface area contributed by atoms with E-state index in [0.29, 0.717) is 12.3 Å². The summed E-state index contributed by atoms with van der Waals surface area (Å²) in [6, 6.07) is 4.08. The van der Waals surface area contributed by atoms with Crippen LogP contribution in [0.25, 0.3) is 5.65 Å². The number of hydrogen-bond donors (Lipinski definition) is 1. The van der Waals surface area contributed by atoms with E-state index in [1.807, 2.05) is 6.20 Å². The highest BCUT2D eigenvalue weighted by molar-refractivity contribution is 6.02. The van der Waals surface area contributed by atoms with Gasteiger partial charge >= 0.3 is 0 Å². The zero-order valence-corrected chi connectivity index (χ0v) is 19.1. The number of carbonyl (C=O) groups is 1. The summed E-state index contributed by atoms with van der Waals surface area (Å²) in [5.74, 6) is -0.116. The summed E-state index contributed by atoms with van der Waals surface area (Å²) in [6.07, 6.45) is 5.56. The Balaban J connectivity index is 1.44. The number of fused-ring (bicyclic) bond motifs is 1. The number of aromatic nitrogens is 4. The predicted molar refractivity (Wildman–Crippen MR) is 120 cm³/mol. The topological polar surface area (TPSA) is 90.6 Å². The third-order valence-electron chi connectivity index (χ3n) is 6.41. The number of rotatable bonds is 6. The Morgan fingerprint density at radius 2 is 2.03 bits per heavy atom. The van der Waals surface area contributed by atoms with Gasteiger partial charge in [0.15, 0.2) is 0 Å². The van der Waals surface area contributed by atoms with E-state index in [1.165, 1.54) is 18.2 Å². The lowest BCUT2D eigenvalue weighted by molar-refractivity contribution is -0.0615. The summed E-state index contributed by atoms with van der Waals surface area (Å²) >= 11 is 0. The van der Waals surface area contributed by atoms with Crippen LogP contribution in [0.4, 0.5) is 14.6 Å². The Kier molecular flexibility index (Phi) is 5.93. The molecule has 1 N–H and O–H groups in total. The molecule has 1 amide bonds. The van der Waals surface area contributed by atoms with Crippen molar-refractivity contribution in [3.63, 3.8) is 0 Å². The van der Waals surface area contributed by atoms with Crippen molar-refractivity contribution < 1.29 is 23.0 Å². The summed E-state index contributed by atoms with van der Waals surface area (Å²) < 4.78 is 39.7. The van der Waals surface area contributed by atoms with Gasteiger partial charge in [-0.2, -0.15) is 0 Å². The van der Waals surface area contributed by atoms with Gasteiger partial charge in [-0.15, -0.1) is 0 Å². The van der Waals surface area contributed by atoms with Crippen LogP contribution in [0.1, 0.15) is 80.2 Å². The number of halogens is 2. The molecule has 3 aromatic heterocycles. The van der Waals surface area contributed by atoms with E-state index in [1.54, 1.807) is 10.6 Å². The molecule has 1 aliphatic carbocycles. The minimum absolute atomic E-state index is 0.0273. The number of carbonyl (C=O) groups excluding carboxylic acids is 1. The molecule has 4 heterocycles. The number of amides is 1. The van der Waals surface area contributed by atoms with Crippen molar-refractivity contribution in [1.29, 1.82) is 0 Å². The minimum atomic E-state index is -2.73. The van der Waals surface area contributed by atoms with Crippen molar-refractivity contribution in [2.24, 2.45) is 0 Å². The van der Waals surface area contributed by atoms with E-state index in [0.717, 1.165) is 37.8 Å². The number of pyridine rings is 1. The van der Waals surface area contributed by atoms with Crippen LogP contribution in [0.15, 0.2) is 30.6 Å². The van der Waals surface area contributed by atoms with Crippen LogP contribution in [-0.2, 0) is 4.74 Å². The average molecular weight is 472 g/mol. The van der Waals surface area contributed by atoms with Crippen molar-refractivity contribution in [3.8, 4) is 5.88 Å². The first-order valence-corrected chi connectivity index (χ1v) is 11.5. The highest BCUT2D eigenvalue weighted by Crippen LogP contribution is 2.34. The third-order valence-corrected chi connectivity index (χ3v) is 6.41. The van der Waals surface area contributed by atoms with Crippen molar-refractivity contribution in [2.45, 2.75) is 70.0 Å². The minimum Gasteiger partial charge on any atom is -0.472 e. The van der Waals surface area contributed by atoms with Gasteiger partial charge < -0.3 is 14.8 Å². The lowest BCUT2D eigenvalue weighted by Crippen LogP contribution is -2.32. The molecule has 0 spiro atoms. The zero-order chi connectivity index (χ0) is 23.9. The van der Waals surface area contributed by atoms with Crippen LogP contribution in [0, 0.1) is 0 Å². The number of nitrogens with zero attached hydrogens (tertiary/aromatic N) is 4. The van der Waals surface area contributed by atoms with Crippen molar-refractivity contribution in [1.82, 2.24) is 19.4 Å². The third kappa shape index (κ3) is 4.72. The van der Waals surface area contributed by atoms with Crippen molar-refractivity contribution in [3.05, 3.63) is 47.7 Å². The number of imidazole rings is 1. The van der Waals surface area contributed by atoms with Crippen LogP contribution in [0.2, 0.25) is 0 Å². The van der Waals surface area contributed by atoms with Crippen molar-refractivity contribution >= 4 is 17.4 Å².